The molecule has 0 saturated carbocycles. The van der Waals surface area contributed by atoms with Crippen LogP contribution in [-0.2, 0) is 0 Å². The van der Waals surface area contributed by atoms with Crippen LogP contribution in [0.15, 0.2) is 67.0 Å². The number of piperidine rings is 1. The molecule has 1 aliphatic heterocycles. The van der Waals surface area contributed by atoms with Crippen molar-refractivity contribution < 1.29 is 4.92 Å². The van der Waals surface area contributed by atoms with Crippen LogP contribution in [0.1, 0.15) is 36.9 Å². The van der Waals surface area contributed by atoms with Gasteiger partial charge < -0.3 is 10.2 Å². The van der Waals surface area contributed by atoms with E-state index in [1.807, 2.05) is 65.6 Å². The molecule has 1 aliphatic rings. The van der Waals surface area contributed by atoms with Gasteiger partial charge in [-0.25, -0.2) is 9.97 Å². The fraction of sp³-hybridized carbons (Fsp3) is 0.304. The standard InChI is InChI=1S/C23H25N5O2/c1-17-12-14-27(15-13-17)23-21(28(29)30)22(24-16-25-23)26-20(18-8-4-2-5-9-18)19-10-6-3-7-11-19/h2-11,16-17,20H,12-15H2,1H3,(H,24,25,26). The van der Waals surface area contributed by atoms with Crippen LogP contribution in [0.4, 0.5) is 17.3 Å². The molecule has 2 heterocycles. The van der Waals surface area contributed by atoms with Crippen molar-refractivity contribution in [3.63, 3.8) is 0 Å². The molecule has 1 aromatic heterocycles. The molecule has 1 fully saturated rings. The number of hydrogen-bond donors (Lipinski definition) is 1. The fourth-order valence-electron chi connectivity index (χ4n) is 3.88. The third-order valence-corrected chi connectivity index (χ3v) is 5.62. The first kappa shape index (κ1) is 19.8. The van der Waals surface area contributed by atoms with Crippen molar-refractivity contribution in [1.29, 1.82) is 0 Å². The molecule has 0 aliphatic carbocycles. The second-order valence-corrected chi connectivity index (χ2v) is 7.72. The van der Waals surface area contributed by atoms with Crippen molar-refractivity contribution in [3.8, 4) is 0 Å². The summed E-state index contributed by atoms with van der Waals surface area (Å²) >= 11 is 0. The van der Waals surface area contributed by atoms with Gasteiger partial charge in [0.25, 0.3) is 0 Å². The van der Waals surface area contributed by atoms with E-state index in [2.05, 4.69) is 22.2 Å². The minimum atomic E-state index is -0.372. The van der Waals surface area contributed by atoms with Crippen LogP contribution in [-0.4, -0.2) is 28.0 Å². The first-order valence-electron chi connectivity index (χ1n) is 10.2. The number of hydrogen-bond acceptors (Lipinski definition) is 6. The monoisotopic (exact) mass is 403 g/mol. The molecule has 7 nitrogen and oxygen atoms in total. The SMILES string of the molecule is CC1CCN(c2ncnc(NC(c3ccccc3)c3ccccc3)c2[N+](=O)[O-])CC1. The average molecular weight is 403 g/mol. The number of nitrogens with one attached hydrogen (secondary N) is 1. The molecule has 1 saturated heterocycles. The van der Waals surface area contributed by atoms with Gasteiger partial charge in [0.2, 0.25) is 11.6 Å². The number of benzene rings is 2. The van der Waals surface area contributed by atoms with E-state index < -0.39 is 0 Å². The summed E-state index contributed by atoms with van der Waals surface area (Å²) in [5, 5.41) is 15.4. The molecular formula is C23H25N5O2. The Kier molecular flexibility index (Phi) is 5.88. The zero-order chi connectivity index (χ0) is 20.9. The normalized spacial score (nSPS) is 14.7. The first-order valence-corrected chi connectivity index (χ1v) is 10.2. The van der Waals surface area contributed by atoms with Gasteiger partial charge in [0.05, 0.1) is 11.0 Å². The van der Waals surface area contributed by atoms with Crippen LogP contribution in [0.25, 0.3) is 0 Å². The van der Waals surface area contributed by atoms with E-state index >= 15 is 0 Å². The summed E-state index contributed by atoms with van der Waals surface area (Å²) in [6.45, 7) is 3.74. The van der Waals surface area contributed by atoms with Gasteiger partial charge in [-0.1, -0.05) is 67.6 Å². The molecule has 4 rings (SSSR count). The number of nitrogens with zero attached hydrogens (tertiary/aromatic N) is 4. The lowest BCUT2D eigenvalue weighted by atomic mass is 9.98. The van der Waals surface area contributed by atoms with E-state index in [0.717, 1.165) is 37.1 Å². The Morgan fingerprint density at radius 2 is 1.57 bits per heavy atom. The van der Waals surface area contributed by atoms with Crippen LogP contribution >= 0.6 is 0 Å². The van der Waals surface area contributed by atoms with Crippen molar-refractivity contribution in [3.05, 3.63) is 88.2 Å². The number of rotatable bonds is 6. The highest BCUT2D eigenvalue weighted by molar-refractivity contribution is 5.71. The van der Waals surface area contributed by atoms with Gasteiger partial charge in [-0.05, 0) is 29.9 Å². The Bertz CT molecular complexity index is 949. The van der Waals surface area contributed by atoms with E-state index in [0.29, 0.717) is 11.7 Å². The second kappa shape index (κ2) is 8.90. The molecule has 0 bridgehead atoms. The number of anilines is 2. The lowest BCUT2D eigenvalue weighted by Crippen LogP contribution is -2.34. The van der Waals surface area contributed by atoms with Gasteiger partial charge in [0, 0.05) is 13.1 Å². The van der Waals surface area contributed by atoms with Crippen LogP contribution in [0.2, 0.25) is 0 Å². The molecule has 2 aromatic carbocycles. The molecule has 0 amide bonds. The summed E-state index contributed by atoms with van der Waals surface area (Å²) in [6.07, 6.45) is 3.41. The molecule has 0 unspecified atom stereocenters. The molecule has 30 heavy (non-hydrogen) atoms. The maximum atomic E-state index is 12.1. The fourth-order valence-corrected chi connectivity index (χ4v) is 3.88. The predicted molar refractivity (Wildman–Crippen MR) is 118 cm³/mol. The molecule has 0 atom stereocenters. The third kappa shape index (κ3) is 4.25. The Morgan fingerprint density at radius 1 is 1.00 bits per heavy atom. The minimum Gasteiger partial charge on any atom is -0.353 e. The minimum absolute atomic E-state index is 0.0658. The summed E-state index contributed by atoms with van der Waals surface area (Å²) in [4.78, 5) is 22.3. The van der Waals surface area contributed by atoms with Gasteiger partial charge in [-0.15, -0.1) is 0 Å². The maximum Gasteiger partial charge on any atom is 0.353 e. The average Bonchev–Trinajstić information content (AvgIpc) is 2.79. The van der Waals surface area contributed by atoms with Gasteiger partial charge in [0.1, 0.15) is 6.33 Å². The second-order valence-electron chi connectivity index (χ2n) is 7.72. The van der Waals surface area contributed by atoms with E-state index in [1.165, 1.54) is 6.33 Å². The van der Waals surface area contributed by atoms with Crippen LogP contribution in [0.3, 0.4) is 0 Å². The number of aromatic nitrogens is 2. The Balaban J connectivity index is 1.73. The first-order chi connectivity index (χ1) is 14.6. The summed E-state index contributed by atoms with van der Waals surface area (Å²) in [6, 6.07) is 19.5. The van der Waals surface area contributed by atoms with Gasteiger partial charge >= 0.3 is 5.69 Å². The lowest BCUT2D eigenvalue weighted by Gasteiger charge is -2.31. The highest BCUT2D eigenvalue weighted by Gasteiger charge is 2.30. The summed E-state index contributed by atoms with van der Waals surface area (Å²) < 4.78 is 0. The molecular weight excluding hydrogens is 378 g/mol. The van der Waals surface area contributed by atoms with Crippen LogP contribution in [0, 0.1) is 16.0 Å². The highest BCUT2D eigenvalue weighted by atomic mass is 16.6. The predicted octanol–water partition coefficient (Wildman–Crippen LogP) is 4.82. The number of nitro groups is 1. The van der Waals surface area contributed by atoms with Crippen LogP contribution < -0.4 is 10.2 Å². The molecule has 154 valence electrons. The van der Waals surface area contributed by atoms with Crippen molar-refractivity contribution in [2.24, 2.45) is 5.92 Å². The molecule has 1 N–H and O–H groups in total. The Morgan fingerprint density at radius 3 is 2.10 bits per heavy atom. The third-order valence-electron chi connectivity index (χ3n) is 5.62. The molecule has 3 aromatic rings. The summed E-state index contributed by atoms with van der Waals surface area (Å²) in [5.74, 6) is 1.26. The van der Waals surface area contributed by atoms with Crippen molar-refractivity contribution in [2.75, 3.05) is 23.3 Å². The van der Waals surface area contributed by atoms with Gasteiger partial charge in [-0.2, -0.15) is 0 Å². The quantitative estimate of drug-likeness (QED) is 0.469. The topological polar surface area (TPSA) is 84.2 Å². The Labute approximate surface area is 175 Å². The van der Waals surface area contributed by atoms with Crippen molar-refractivity contribution in [1.82, 2.24) is 9.97 Å². The zero-order valence-corrected chi connectivity index (χ0v) is 16.9. The molecule has 0 spiro atoms. The van der Waals surface area contributed by atoms with E-state index in [4.69, 9.17) is 0 Å². The zero-order valence-electron chi connectivity index (χ0n) is 16.9. The van der Waals surface area contributed by atoms with Crippen LogP contribution in [0.5, 0.6) is 0 Å². The molecule has 0 radical (unpaired) electrons. The highest BCUT2D eigenvalue weighted by Crippen LogP contribution is 2.36. The van der Waals surface area contributed by atoms with E-state index in [9.17, 15) is 10.1 Å². The van der Waals surface area contributed by atoms with E-state index in [-0.39, 0.29) is 22.5 Å². The maximum absolute atomic E-state index is 12.1. The summed E-state index contributed by atoms with van der Waals surface area (Å²) in [7, 11) is 0. The molecule has 7 heteroatoms. The smallest absolute Gasteiger partial charge is 0.353 e. The lowest BCUT2D eigenvalue weighted by molar-refractivity contribution is -0.383. The summed E-state index contributed by atoms with van der Waals surface area (Å²) in [5.41, 5.74) is 1.94. The van der Waals surface area contributed by atoms with Gasteiger partial charge in [-0.3, -0.25) is 10.1 Å². The van der Waals surface area contributed by atoms with Gasteiger partial charge in [0.15, 0.2) is 0 Å². The van der Waals surface area contributed by atoms with Crippen molar-refractivity contribution in [2.45, 2.75) is 25.8 Å². The Hall–Kier alpha value is -3.48. The van der Waals surface area contributed by atoms with E-state index in [1.54, 1.807) is 0 Å². The van der Waals surface area contributed by atoms with Crippen molar-refractivity contribution >= 4 is 17.3 Å². The largest absolute Gasteiger partial charge is 0.353 e.